The summed E-state index contributed by atoms with van der Waals surface area (Å²) in [4.78, 5) is 24.0. The number of rotatable bonds is 8. The van der Waals surface area contributed by atoms with E-state index >= 15 is 0 Å². The van der Waals surface area contributed by atoms with Crippen molar-refractivity contribution in [2.24, 2.45) is 0 Å². The molecule has 156 valence electrons. The van der Waals surface area contributed by atoms with Crippen LogP contribution in [0.25, 0.3) is 0 Å². The van der Waals surface area contributed by atoms with Crippen LogP contribution in [-0.4, -0.2) is 23.3 Å². The molecule has 0 saturated carbocycles. The average Bonchev–Trinajstić information content (AvgIpc) is 2.64. The standard InChI is InChI=1S/C18H14Cl6N2O2S/c19-9-5-13(23)15(7-11(9)21)25-17(27)1-3-29-4-2-18(28)26-16-8-12(22)10(20)6-14(16)24/h5-8H,1-4H2,(H,25,27)(H,26,28). The molecule has 2 N–H and O–H groups in total. The smallest absolute Gasteiger partial charge is 0.225 e. The van der Waals surface area contributed by atoms with Crippen LogP contribution in [0, 0.1) is 0 Å². The maximum atomic E-state index is 12.0. The molecule has 0 aliphatic carbocycles. The van der Waals surface area contributed by atoms with E-state index in [0.29, 0.717) is 53.0 Å². The van der Waals surface area contributed by atoms with Gasteiger partial charge in [-0.1, -0.05) is 69.6 Å². The van der Waals surface area contributed by atoms with Crippen molar-refractivity contribution in [3.63, 3.8) is 0 Å². The third-order valence-electron chi connectivity index (χ3n) is 3.52. The van der Waals surface area contributed by atoms with Crippen LogP contribution in [0.2, 0.25) is 30.1 Å². The topological polar surface area (TPSA) is 58.2 Å². The third-order valence-corrected chi connectivity index (χ3v) is 6.57. The van der Waals surface area contributed by atoms with E-state index in [9.17, 15) is 9.59 Å². The second kappa shape index (κ2) is 11.8. The van der Waals surface area contributed by atoms with Crippen molar-refractivity contribution in [3.8, 4) is 0 Å². The molecule has 2 rings (SSSR count). The first kappa shape index (κ1) is 24.7. The quantitative estimate of drug-likeness (QED) is 0.269. The van der Waals surface area contributed by atoms with Crippen molar-refractivity contribution in [1.82, 2.24) is 0 Å². The van der Waals surface area contributed by atoms with Gasteiger partial charge in [0.1, 0.15) is 0 Å². The Labute approximate surface area is 202 Å². The van der Waals surface area contributed by atoms with Crippen molar-refractivity contribution in [2.45, 2.75) is 12.8 Å². The average molecular weight is 535 g/mol. The van der Waals surface area contributed by atoms with Crippen molar-refractivity contribution in [1.29, 1.82) is 0 Å². The second-order valence-corrected chi connectivity index (χ2v) is 9.37. The number of benzene rings is 2. The van der Waals surface area contributed by atoms with E-state index < -0.39 is 0 Å². The number of amides is 2. The summed E-state index contributed by atoms with van der Waals surface area (Å²) in [6, 6.07) is 5.93. The van der Waals surface area contributed by atoms with Gasteiger partial charge in [0.2, 0.25) is 11.8 Å². The van der Waals surface area contributed by atoms with Gasteiger partial charge in [-0.3, -0.25) is 9.59 Å². The Morgan fingerprint density at radius 3 is 1.34 bits per heavy atom. The first-order valence-corrected chi connectivity index (χ1v) is 11.6. The predicted molar refractivity (Wildman–Crippen MR) is 127 cm³/mol. The summed E-state index contributed by atoms with van der Waals surface area (Å²) in [5, 5.41) is 7.19. The van der Waals surface area contributed by atoms with Crippen LogP contribution in [-0.2, 0) is 9.59 Å². The molecule has 0 fully saturated rings. The summed E-state index contributed by atoms with van der Waals surface area (Å²) >= 11 is 37.1. The number of anilines is 2. The van der Waals surface area contributed by atoms with Crippen LogP contribution >= 0.6 is 81.4 Å². The van der Waals surface area contributed by atoms with Crippen molar-refractivity contribution >= 4 is 105 Å². The number of thioether (sulfide) groups is 1. The number of carbonyl (C=O) groups excluding carboxylic acids is 2. The molecular formula is C18H14Cl6N2O2S. The number of carbonyl (C=O) groups is 2. The van der Waals surface area contributed by atoms with Gasteiger partial charge in [-0.05, 0) is 24.3 Å². The second-order valence-electron chi connectivity index (χ2n) is 5.70. The van der Waals surface area contributed by atoms with Gasteiger partial charge in [0.05, 0.1) is 41.5 Å². The molecule has 2 amide bonds. The molecule has 0 heterocycles. The summed E-state index contributed by atoms with van der Waals surface area (Å²) in [6.07, 6.45) is 0.503. The SMILES string of the molecule is O=C(CCSCCC(=O)Nc1cc(Cl)c(Cl)cc1Cl)Nc1cc(Cl)c(Cl)cc1Cl. The Hall–Kier alpha value is -0.530. The molecule has 2 aromatic carbocycles. The fraction of sp³-hybridized carbons (Fsp3) is 0.222. The van der Waals surface area contributed by atoms with Gasteiger partial charge in [0.15, 0.2) is 0 Å². The van der Waals surface area contributed by atoms with E-state index in [4.69, 9.17) is 69.6 Å². The molecule has 29 heavy (non-hydrogen) atoms. The van der Waals surface area contributed by atoms with Crippen LogP contribution in [0.15, 0.2) is 24.3 Å². The van der Waals surface area contributed by atoms with Crippen LogP contribution in [0.3, 0.4) is 0 Å². The van der Waals surface area contributed by atoms with E-state index in [2.05, 4.69) is 10.6 Å². The van der Waals surface area contributed by atoms with Crippen molar-refractivity contribution < 1.29 is 9.59 Å². The largest absolute Gasteiger partial charge is 0.325 e. The van der Waals surface area contributed by atoms with E-state index in [1.807, 2.05) is 0 Å². The predicted octanol–water partition coefficient (Wildman–Crippen LogP) is 7.70. The van der Waals surface area contributed by atoms with Gasteiger partial charge in [-0.15, -0.1) is 0 Å². The Bertz CT molecular complexity index is 852. The van der Waals surface area contributed by atoms with Crippen molar-refractivity contribution in [3.05, 3.63) is 54.4 Å². The van der Waals surface area contributed by atoms with E-state index in [1.165, 1.54) is 36.0 Å². The highest BCUT2D eigenvalue weighted by Crippen LogP contribution is 2.33. The lowest BCUT2D eigenvalue weighted by Gasteiger charge is -2.09. The number of nitrogens with one attached hydrogen (secondary N) is 2. The van der Waals surface area contributed by atoms with Crippen LogP contribution in [0.1, 0.15) is 12.8 Å². The molecule has 0 bridgehead atoms. The summed E-state index contributed by atoms with van der Waals surface area (Å²) < 4.78 is 0. The monoisotopic (exact) mass is 532 g/mol. The lowest BCUT2D eigenvalue weighted by atomic mass is 10.3. The molecule has 0 atom stereocenters. The zero-order chi connectivity index (χ0) is 21.6. The number of hydrogen-bond acceptors (Lipinski definition) is 3. The van der Waals surface area contributed by atoms with Gasteiger partial charge >= 0.3 is 0 Å². The highest BCUT2D eigenvalue weighted by molar-refractivity contribution is 7.99. The Balaban J connectivity index is 1.70. The molecule has 0 aliphatic rings. The number of hydrogen-bond donors (Lipinski definition) is 2. The maximum absolute atomic E-state index is 12.0. The molecule has 0 radical (unpaired) electrons. The van der Waals surface area contributed by atoms with Gasteiger partial charge in [-0.25, -0.2) is 0 Å². The van der Waals surface area contributed by atoms with Gasteiger partial charge < -0.3 is 10.6 Å². The van der Waals surface area contributed by atoms with Crippen LogP contribution < -0.4 is 10.6 Å². The van der Waals surface area contributed by atoms with E-state index in [1.54, 1.807) is 0 Å². The lowest BCUT2D eigenvalue weighted by molar-refractivity contribution is -0.116. The zero-order valence-electron chi connectivity index (χ0n) is 14.6. The molecule has 11 heteroatoms. The first-order chi connectivity index (χ1) is 13.7. The molecule has 4 nitrogen and oxygen atoms in total. The minimum Gasteiger partial charge on any atom is -0.325 e. The highest BCUT2D eigenvalue weighted by atomic mass is 35.5. The molecule has 0 spiro atoms. The summed E-state index contributed by atoms with van der Waals surface area (Å²) in [7, 11) is 0. The van der Waals surface area contributed by atoms with Gasteiger partial charge in [-0.2, -0.15) is 11.8 Å². The minimum absolute atomic E-state index is 0.218. The minimum atomic E-state index is -0.218. The molecule has 0 aliphatic heterocycles. The molecular weight excluding hydrogens is 521 g/mol. The Morgan fingerprint density at radius 1 is 0.621 bits per heavy atom. The van der Waals surface area contributed by atoms with E-state index in [-0.39, 0.29) is 24.7 Å². The molecule has 0 saturated heterocycles. The summed E-state index contributed by atoms with van der Waals surface area (Å²) in [6.45, 7) is 0. The maximum Gasteiger partial charge on any atom is 0.225 e. The van der Waals surface area contributed by atoms with Crippen LogP contribution in [0.5, 0.6) is 0 Å². The zero-order valence-corrected chi connectivity index (χ0v) is 20.0. The van der Waals surface area contributed by atoms with Crippen LogP contribution in [0.4, 0.5) is 11.4 Å². The highest BCUT2D eigenvalue weighted by Gasteiger charge is 2.11. The normalized spacial score (nSPS) is 10.7. The van der Waals surface area contributed by atoms with Gasteiger partial charge in [0, 0.05) is 24.3 Å². The molecule has 0 unspecified atom stereocenters. The van der Waals surface area contributed by atoms with Gasteiger partial charge in [0.25, 0.3) is 0 Å². The van der Waals surface area contributed by atoms with E-state index in [0.717, 1.165) is 0 Å². The lowest BCUT2D eigenvalue weighted by Crippen LogP contribution is -2.14. The van der Waals surface area contributed by atoms with Crippen molar-refractivity contribution in [2.75, 3.05) is 22.1 Å². The summed E-state index contributed by atoms with van der Waals surface area (Å²) in [5.41, 5.74) is 0.794. The molecule has 0 aromatic heterocycles. The fourth-order valence-electron chi connectivity index (χ4n) is 2.09. The third kappa shape index (κ3) is 7.91. The molecule has 2 aromatic rings. The number of halogens is 6. The Kier molecular flexibility index (Phi) is 10.0. The first-order valence-electron chi connectivity index (χ1n) is 8.14. The Morgan fingerprint density at radius 2 is 0.966 bits per heavy atom. The summed E-state index contributed by atoms with van der Waals surface area (Å²) in [5.74, 6) is 0.631. The fourth-order valence-corrected chi connectivity index (χ4v) is 4.15.